The largest absolute Gasteiger partial charge is 0.310 e. The number of benzene rings is 2. The highest BCUT2D eigenvalue weighted by atomic mass is 14.8. The molecule has 1 N–H and O–H groups in total. The highest BCUT2D eigenvalue weighted by molar-refractivity contribution is 5.97. The molecule has 0 bridgehead atoms. The number of rotatable bonds is 5. The Bertz CT molecular complexity index is 1390. The average Bonchev–Trinajstić information content (AvgIpc) is 3.33. The predicted molar refractivity (Wildman–Crippen MR) is 223 cm³/mol. The lowest BCUT2D eigenvalue weighted by Gasteiger charge is -2.16. The second-order valence-corrected chi connectivity index (χ2v) is 13.6. The van der Waals surface area contributed by atoms with E-state index in [9.17, 15) is 0 Å². The molecule has 50 heavy (non-hydrogen) atoms. The number of aliphatic imine (C=N–C) groups is 1. The first-order valence-electron chi connectivity index (χ1n) is 18.7. The fraction of sp³-hybridized carbons (Fsp3) is 0.404. The molecule has 2 aromatic carbocycles. The minimum atomic E-state index is 0.165. The number of allylic oxidation sites excluding steroid dienone is 8. The van der Waals surface area contributed by atoms with Gasteiger partial charge in [-0.15, -0.1) is 0 Å². The number of pyridine rings is 1. The van der Waals surface area contributed by atoms with E-state index in [1.165, 1.54) is 67.2 Å². The van der Waals surface area contributed by atoms with E-state index < -0.39 is 0 Å². The van der Waals surface area contributed by atoms with Crippen LogP contribution in [0, 0.1) is 18.8 Å². The maximum atomic E-state index is 6.50. The van der Waals surface area contributed by atoms with Crippen molar-refractivity contribution in [3.05, 3.63) is 156 Å². The molecule has 269 valence electrons. The summed E-state index contributed by atoms with van der Waals surface area (Å²) in [7, 11) is 0. The van der Waals surface area contributed by atoms with Crippen LogP contribution in [0.5, 0.6) is 0 Å². The van der Waals surface area contributed by atoms with Crippen LogP contribution in [-0.2, 0) is 0 Å². The minimum Gasteiger partial charge on any atom is -0.310 e. The minimum absolute atomic E-state index is 0.165. The Morgan fingerprint density at radius 3 is 1.40 bits per heavy atom. The molecule has 3 heteroatoms. The molecule has 5 rings (SSSR count). The first-order valence-corrected chi connectivity index (χ1v) is 18.7. The second kappa shape index (κ2) is 27.7. The second-order valence-electron chi connectivity index (χ2n) is 13.6. The van der Waals surface area contributed by atoms with Crippen molar-refractivity contribution in [3.8, 4) is 0 Å². The van der Waals surface area contributed by atoms with Crippen molar-refractivity contribution in [2.24, 2.45) is 4.99 Å². The molecule has 1 fully saturated rings. The Hall–Kier alpha value is -4.11. The molecule has 0 spiro atoms. The van der Waals surface area contributed by atoms with Crippen LogP contribution < -0.4 is 0 Å². The molecule has 1 aromatic heterocycles. The third kappa shape index (κ3) is 21.1. The van der Waals surface area contributed by atoms with Gasteiger partial charge in [-0.25, -0.2) is 0 Å². The summed E-state index contributed by atoms with van der Waals surface area (Å²) in [5.41, 5.74) is 8.27. The van der Waals surface area contributed by atoms with E-state index in [1.807, 2.05) is 98.4 Å². The maximum absolute atomic E-state index is 6.50. The van der Waals surface area contributed by atoms with E-state index in [2.05, 4.69) is 81.9 Å². The lowest BCUT2D eigenvalue weighted by molar-refractivity contribution is 0.702. The van der Waals surface area contributed by atoms with Gasteiger partial charge < -0.3 is 5.41 Å². The van der Waals surface area contributed by atoms with Crippen LogP contribution in [0.1, 0.15) is 146 Å². The number of hydrogen-bond donors (Lipinski definition) is 1. The summed E-state index contributed by atoms with van der Waals surface area (Å²) in [6, 6.07) is 23.0. The third-order valence-electron chi connectivity index (χ3n) is 8.12. The molecule has 3 aromatic rings. The number of nitrogens with zero attached hydrogens (tertiary/aromatic N) is 2. The molecule has 1 heterocycles. The van der Waals surface area contributed by atoms with Crippen LogP contribution in [0.2, 0.25) is 0 Å². The number of hydrogen-bond acceptors (Lipinski definition) is 3. The van der Waals surface area contributed by atoms with Crippen molar-refractivity contribution in [3.63, 3.8) is 0 Å². The molecule has 0 aliphatic heterocycles. The van der Waals surface area contributed by atoms with Gasteiger partial charge in [0.25, 0.3) is 0 Å². The average molecular weight is 673 g/mol. The van der Waals surface area contributed by atoms with E-state index in [1.54, 1.807) is 20.0 Å². The SMILES string of the molecule is C1CCCCCC1.CC(=NC(C)c1ccccc1)c1ccccn1.CC(C)=N.Cc1c(C(C)C)cccc1C(C)C.[CH]1\C=C/C=C\C=C/C=C\1. The molecule has 1 atom stereocenters. The zero-order valence-electron chi connectivity index (χ0n) is 32.7. The summed E-state index contributed by atoms with van der Waals surface area (Å²) in [5.74, 6) is 1.28. The van der Waals surface area contributed by atoms with E-state index >= 15 is 0 Å². The quantitative estimate of drug-likeness (QED) is 0.213. The van der Waals surface area contributed by atoms with Crippen LogP contribution in [0.4, 0.5) is 0 Å². The van der Waals surface area contributed by atoms with E-state index in [0.29, 0.717) is 17.5 Å². The number of nitrogens with one attached hydrogen (secondary N) is 1. The van der Waals surface area contributed by atoms with Gasteiger partial charge >= 0.3 is 0 Å². The molecular weight excluding hydrogens is 607 g/mol. The summed E-state index contributed by atoms with van der Waals surface area (Å²) >= 11 is 0. The molecule has 3 nitrogen and oxygen atoms in total. The van der Waals surface area contributed by atoms with Gasteiger partial charge in [0.1, 0.15) is 0 Å². The van der Waals surface area contributed by atoms with Crippen molar-refractivity contribution in [1.82, 2.24) is 4.98 Å². The molecule has 2 aliphatic rings. The highest BCUT2D eigenvalue weighted by Gasteiger charge is 2.09. The first kappa shape index (κ1) is 43.9. The zero-order valence-corrected chi connectivity index (χ0v) is 32.7. The molecule has 2 aliphatic carbocycles. The van der Waals surface area contributed by atoms with Gasteiger partial charge in [-0.2, -0.15) is 0 Å². The zero-order chi connectivity index (χ0) is 37.0. The van der Waals surface area contributed by atoms with E-state index in [4.69, 9.17) is 5.41 Å². The van der Waals surface area contributed by atoms with Gasteiger partial charge in [-0.3, -0.25) is 9.98 Å². The molecule has 0 saturated heterocycles. The van der Waals surface area contributed by atoms with Crippen molar-refractivity contribution in [2.75, 3.05) is 0 Å². The van der Waals surface area contributed by atoms with Gasteiger partial charge in [0.2, 0.25) is 0 Å². The Morgan fingerprint density at radius 2 is 1.00 bits per heavy atom. The van der Waals surface area contributed by atoms with Crippen molar-refractivity contribution in [2.45, 2.75) is 125 Å². The Balaban J connectivity index is 0.000000336. The summed E-state index contributed by atoms with van der Waals surface area (Å²) in [6.07, 6.45) is 30.3. The summed E-state index contributed by atoms with van der Waals surface area (Å²) < 4.78 is 0. The van der Waals surface area contributed by atoms with Crippen molar-refractivity contribution in [1.29, 1.82) is 5.41 Å². The number of aromatic nitrogens is 1. The Morgan fingerprint density at radius 1 is 0.580 bits per heavy atom. The predicted octanol–water partition coefficient (Wildman–Crippen LogP) is 14.1. The molecule has 0 amide bonds. The fourth-order valence-electron chi connectivity index (χ4n) is 5.48. The lowest BCUT2D eigenvalue weighted by atomic mass is 9.90. The summed E-state index contributed by atoms with van der Waals surface area (Å²) in [4.78, 5) is 8.97. The monoisotopic (exact) mass is 673 g/mol. The van der Waals surface area contributed by atoms with Gasteiger partial charge in [0.05, 0.1) is 17.4 Å². The Kier molecular flexibility index (Phi) is 24.3. The van der Waals surface area contributed by atoms with Gasteiger partial charge in [-0.05, 0) is 80.8 Å². The molecule has 1 radical (unpaired) electrons. The van der Waals surface area contributed by atoms with Crippen LogP contribution in [0.25, 0.3) is 0 Å². The normalized spacial score (nSPS) is 17.0. The van der Waals surface area contributed by atoms with Crippen molar-refractivity contribution >= 4 is 11.4 Å². The topological polar surface area (TPSA) is 49.1 Å². The smallest absolute Gasteiger partial charge is 0.0837 e. The van der Waals surface area contributed by atoms with Crippen LogP contribution >= 0.6 is 0 Å². The lowest BCUT2D eigenvalue weighted by Crippen LogP contribution is -2.00. The van der Waals surface area contributed by atoms with Gasteiger partial charge in [-0.1, -0.05) is 176 Å². The van der Waals surface area contributed by atoms with Crippen LogP contribution in [0.3, 0.4) is 0 Å². The maximum Gasteiger partial charge on any atom is 0.0837 e. The van der Waals surface area contributed by atoms with Crippen LogP contribution in [-0.4, -0.2) is 16.4 Å². The molecule has 1 unspecified atom stereocenters. The van der Waals surface area contributed by atoms with Crippen molar-refractivity contribution < 1.29 is 0 Å². The third-order valence-corrected chi connectivity index (χ3v) is 8.12. The fourth-order valence-corrected chi connectivity index (χ4v) is 5.48. The molecular formula is C47H66N3. The summed E-state index contributed by atoms with van der Waals surface area (Å²) in [5, 5.41) is 6.50. The van der Waals surface area contributed by atoms with E-state index in [-0.39, 0.29) is 6.04 Å². The Labute approximate surface area is 307 Å². The summed E-state index contributed by atoms with van der Waals surface area (Å²) in [6.45, 7) is 18.9. The first-order chi connectivity index (χ1) is 24.0. The van der Waals surface area contributed by atoms with Gasteiger partial charge in [0, 0.05) is 18.3 Å². The van der Waals surface area contributed by atoms with E-state index in [0.717, 1.165) is 11.4 Å². The van der Waals surface area contributed by atoms with Crippen LogP contribution in [0.15, 0.2) is 127 Å². The highest BCUT2D eigenvalue weighted by Crippen LogP contribution is 2.26. The van der Waals surface area contributed by atoms with Gasteiger partial charge in [0.15, 0.2) is 0 Å². The standard InChI is InChI=1S/C15H16N2.C13H20.C9H9.C7H14.C3H7N/c1-12(14-8-4-3-5-9-14)17-13(2)15-10-6-7-11-16-15;1-9(2)12-7-6-8-13(10(3)4)11(12)5;1-2-4-6-8-9-7-5-3-1;1-2-4-6-7-5-3-1;1-3(2)4/h3-12H,1-2H3;6-10H,1-5H3;1-9H;1-7H2;4H,1-2H3/b;;2-1-,5-3-,6-4-,9-7-;;. The molecule has 1 saturated carbocycles.